The predicted octanol–water partition coefficient (Wildman–Crippen LogP) is 6.81. The maximum absolute atomic E-state index is 13.0. The van der Waals surface area contributed by atoms with Gasteiger partial charge >= 0.3 is 5.97 Å². The summed E-state index contributed by atoms with van der Waals surface area (Å²) in [5, 5.41) is 4.52. The van der Waals surface area contributed by atoms with Crippen LogP contribution in [-0.2, 0) is 0 Å². The topological polar surface area (TPSA) is 52.3 Å². The van der Waals surface area contributed by atoms with Crippen LogP contribution in [0.2, 0.25) is 5.02 Å². The third-order valence-electron chi connectivity index (χ3n) is 4.96. The predicted molar refractivity (Wildman–Crippen MR) is 118 cm³/mol. The average molecular weight is 418 g/mol. The molecule has 0 atom stereocenters. The summed E-state index contributed by atoms with van der Waals surface area (Å²) in [5.74, 6) is 0.334. The highest BCUT2D eigenvalue weighted by Crippen LogP contribution is 2.33. The minimum Gasteiger partial charge on any atom is -0.423 e. The van der Waals surface area contributed by atoms with Crippen molar-refractivity contribution in [3.8, 4) is 28.1 Å². The molecular formula is C25H20ClNO3. The minimum atomic E-state index is -0.533. The van der Waals surface area contributed by atoms with Crippen molar-refractivity contribution < 1.29 is 14.1 Å². The van der Waals surface area contributed by atoms with Gasteiger partial charge in [0.2, 0.25) is 0 Å². The molecule has 0 amide bonds. The van der Waals surface area contributed by atoms with Crippen LogP contribution in [0.5, 0.6) is 5.75 Å². The largest absolute Gasteiger partial charge is 0.423 e. The zero-order valence-electron chi connectivity index (χ0n) is 16.9. The maximum atomic E-state index is 13.0. The Hall–Kier alpha value is -3.37. The summed E-state index contributed by atoms with van der Waals surface area (Å²) in [6.07, 6.45) is 0. The first-order valence-electron chi connectivity index (χ1n) is 9.55. The summed E-state index contributed by atoms with van der Waals surface area (Å²) in [4.78, 5) is 13.0. The summed E-state index contributed by atoms with van der Waals surface area (Å²) in [6, 6.07) is 21.2. The second kappa shape index (κ2) is 8.17. The van der Waals surface area contributed by atoms with Crippen LogP contribution in [0, 0.1) is 20.8 Å². The van der Waals surface area contributed by atoms with Gasteiger partial charge in [-0.15, -0.1) is 0 Å². The van der Waals surface area contributed by atoms with Crippen molar-refractivity contribution in [2.45, 2.75) is 20.8 Å². The molecule has 0 spiro atoms. The van der Waals surface area contributed by atoms with Gasteiger partial charge in [0.25, 0.3) is 0 Å². The molecule has 0 aliphatic heterocycles. The summed E-state index contributed by atoms with van der Waals surface area (Å²) < 4.78 is 11.0. The second-order valence-corrected chi connectivity index (χ2v) is 7.59. The molecule has 0 fully saturated rings. The second-order valence-electron chi connectivity index (χ2n) is 7.18. The molecule has 1 aromatic heterocycles. The Morgan fingerprint density at radius 3 is 2.33 bits per heavy atom. The normalized spacial score (nSPS) is 10.8. The first-order chi connectivity index (χ1) is 14.4. The SMILES string of the molecule is Cc1ccc(-c2ccc(OC(=O)c3c(-c4ccccc4Cl)noc3C)c(C)c2)cc1. The van der Waals surface area contributed by atoms with Gasteiger partial charge in [-0.2, -0.15) is 0 Å². The Labute approximate surface area is 180 Å². The number of hydrogen-bond acceptors (Lipinski definition) is 4. The highest BCUT2D eigenvalue weighted by molar-refractivity contribution is 6.33. The van der Waals surface area contributed by atoms with Crippen LogP contribution < -0.4 is 4.74 Å². The van der Waals surface area contributed by atoms with Crippen molar-refractivity contribution in [2.24, 2.45) is 0 Å². The van der Waals surface area contributed by atoms with E-state index in [9.17, 15) is 4.79 Å². The monoisotopic (exact) mass is 417 g/mol. The first-order valence-corrected chi connectivity index (χ1v) is 9.93. The minimum absolute atomic E-state index is 0.269. The van der Waals surface area contributed by atoms with Crippen molar-refractivity contribution in [3.63, 3.8) is 0 Å². The smallest absolute Gasteiger partial charge is 0.349 e. The lowest BCUT2D eigenvalue weighted by Crippen LogP contribution is -2.11. The molecule has 0 aliphatic rings. The van der Waals surface area contributed by atoms with Crippen LogP contribution in [0.25, 0.3) is 22.4 Å². The van der Waals surface area contributed by atoms with Gasteiger partial charge in [0, 0.05) is 5.56 Å². The lowest BCUT2D eigenvalue weighted by Gasteiger charge is -2.10. The van der Waals surface area contributed by atoms with Crippen molar-refractivity contribution in [2.75, 3.05) is 0 Å². The number of aryl methyl sites for hydroxylation is 3. The zero-order chi connectivity index (χ0) is 21.3. The number of hydrogen-bond donors (Lipinski definition) is 0. The van der Waals surface area contributed by atoms with E-state index in [4.69, 9.17) is 20.9 Å². The van der Waals surface area contributed by atoms with Crippen LogP contribution in [0.4, 0.5) is 0 Å². The summed E-state index contributed by atoms with van der Waals surface area (Å²) >= 11 is 6.28. The van der Waals surface area contributed by atoms with E-state index < -0.39 is 5.97 Å². The maximum Gasteiger partial charge on any atom is 0.349 e. The first kappa shape index (κ1) is 19.9. The molecule has 5 heteroatoms. The fourth-order valence-electron chi connectivity index (χ4n) is 3.29. The standard InChI is InChI=1S/C25H20ClNO3/c1-15-8-10-18(11-9-15)19-12-13-22(16(2)14-19)29-25(28)23-17(3)30-27-24(23)20-6-4-5-7-21(20)26/h4-14H,1-3H3. The molecule has 0 radical (unpaired) electrons. The lowest BCUT2D eigenvalue weighted by atomic mass is 10.0. The van der Waals surface area contributed by atoms with Crippen molar-refractivity contribution >= 4 is 17.6 Å². The van der Waals surface area contributed by atoms with Crippen molar-refractivity contribution in [1.29, 1.82) is 0 Å². The fraction of sp³-hybridized carbons (Fsp3) is 0.120. The van der Waals surface area contributed by atoms with Gasteiger partial charge < -0.3 is 9.26 Å². The fourth-order valence-corrected chi connectivity index (χ4v) is 3.52. The van der Waals surface area contributed by atoms with Gasteiger partial charge in [-0.05, 0) is 55.7 Å². The number of halogens is 1. The molecule has 0 N–H and O–H groups in total. The van der Waals surface area contributed by atoms with E-state index in [-0.39, 0.29) is 5.56 Å². The van der Waals surface area contributed by atoms with E-state index in [1.54, 1.807) is 25.1 Å². The number of rotatable bonds is 4. The Morgan fingerprint density at radius 2 is 1.63 bits per heavy atom. The van der Waals surface area contributed by atoms with E-state index >= 15 is 0 Å². The highest BCUT2D eigenvalue weighted by atomic mass is 35.5. The molecule has 150 valence electrons. The number of aromatic nitrogens is 1. The molecule has 4 nitrogen and oxygen atoms in total. The Kier molecular flexibility index (Phi) is 5.42. The Balaban J connectivity index is 1.63. The van der Waals surface area contributed by atoms with Crippen molar-refractivity contribution in [1.82, 2.24) is 5.16 Å². The van der Waals surface area contributed by atoms with Gasteiger partial charge in [0.05, 0.1) is 5.02 Å². The molecule has 30 heavy (non-hydrogen) atoms. The van der Waals surface area contributed by atoms with E-state index in [0.29, 0.717) is 27.8 Å². The Bertz CT molecular complexity index is 1230. The van der Waals surface area contributed by atoms with Crippen LogP contribution in [0.1, 0.15) is 27.2 Å². The van der Waals surface area contributed by atoms with E-state index in [1.807, 2.05) is 31.2 Å². The average Bonchev–Trinajstić information content (AvgIpc) is 3.11. The molecule has 0 unspecified atom stereocenters. The third kappa shape index (κ3) is 3.87. The quantitative estimate of drug-likeness (QED) is 0.270. The number of benzene rings is 3. The molecule has 0 saturated heterocycles. The summed E-state index contributed by atoms with van der Waals surface area (Å²) in [5.41, 5.74) is 5.49. The Morgan fingerprint density at radius 1 is 0.933 bits per heavy atom. The van der Waals surface area contributed by atoms with Gasteiger partial charge in [-0.25, -0.2) is 4.79 Å². The van der Waals surface area contributed by atoms with Crippen LogP contribution in [0.15, 0.2) is 71.3 Å². The molecule has 1 heterocycles. The summed E-state index contributed by atoms with van der Waals surface area (Å²) in [7, 11) is 0. The zero-order valence-corrected chi connectivity index (χ0v) is 17.7. The number of ether oxygens (including phenoxy) is 1. The number of carbonyl (C=O) groups excluding carboxylic acids is 1. The number of nitrogens with zero attached hydrogens (tertiary/aromatic N) is 1. The molecular weight excluding hydrogens is 398 g/mol. The highest BCUT2D eigenvalue weighted by Gasteiger charge is 2.25. The molecule has 4 aromatic rings. The van der Waals surface area contributed by atoms with Gasteiger partial charge in [-0.3, -0.25) is 0 Å². The molecule has 3 aromatic carbocycles. The van der Waals surface area contributed by atoms with Gasteiger partial charge in [0.1, 0.15) is 22.8 Å². The number of carbonyl (C=O) groups is 1. The van der Waals surface area contributed by atoms with Gasteiger partial charge in [0.15, 0.2) is 0 Å². The van der Waals surface area contributed by atoms with Crippen LogP contribution in [-0.4, -0.2) is 11.1 Å². The molecule has 0 aliphatic carbocycles. The van der Waals surface area contributed by atoms with Crippen molar-refractivity contribution in [3.05, 3.63) is 94.2 Å². The molecule has 0 bridgehead atoms. The van der Waals surface area contributed by atoms with Gasteiger partial charge in [-0.1, -0.05) is 70.9 Å². The van der Waals surface area contributed by atoms with E-state index in [0.717, 1.165) is 16.7 Å². The van der Waals surface area contributed by atoms with Crippen LogP contribution >= 0.6 is 11.6 Å². The summed E-state index contributed by atoms with van der Waals surface area (Å²) in [6.45, 7) is 5.65. The van der Waals surface area contributed by atoms with E-state index in [1.165, 1.54) is 5.56 Å². The molecule has 0 saturated carbocycles. The van der Waals surface area contributed by atoms with Crippen LogP contribution in [0.3, 0.4) is 0 Å². The third-order valence-corrected chi connectivity index (χ3v) is 5.29. The van der Waals surface area contributed by atoms with E-state index in [2.05, 4.69) is 36.3 Å². The molecule has 4 rings (SSSR count). The lowest BCUT2D eigenvalue weighted by molar-refractivity contribution is 0.0732. The number of esters is 1.